The number of morpholine rings is 1. The van der Waals surface area contributed by atoms with Gasteiger partial charge in [-0.25, -0.2) is 18.7 Å². The number of benzene rings is 1. The zero-order chi connectivity index (χ0) is 26.1. The Morgan fingerprint density at radius 2 is 1.71 bits per heavy atom. The lowest BCUT2D eigenvalue weighted by Crippen LogP contribution is -2.44. The first-order chi connectivity index (χ1) is 18.5. The molecule has 0 amide bonds. The standard InChI is InChI=1S/C27H32F2N8O/c1-18-12-20(16-31-25(18)36-6-3-30-4-7-36)33-27-32-15-19-2-5-37(26(19)34-27)21-13-23(28)22(24(29)14-21)17-35-8-10-38-11-9-35/h12-16,30H,2-11,17H2,1H3,(H,32,33,34). The smallest absolute Gasteiger partial charge is 0.229 e. The predicted octanol–water partition coefficient (Wildman–Crippen LogP) is 3.14. The number of rotatable bonds is 6. The van der Waals surface area contributed by atoms with Crippen molar-refractivity contribution >= 4 is 29.0 Å². The van der Waals surface area contributed by atoms with E-state index in [0.29, 0.717) is 56.7 Å². The summed E-state index contributed by atoms with van der Waals surface area (Å²) < 4.78 is 35.5. The van der Waals surface area contributed by atoms with Crippen LogP contribution in [0.2, 0.25) is 0 Å². The molecule has 1 aromatic carbocycles. The first kappa shape index (κ1) is 24.9. The van der Waals surface area contributed by atoms with E-state index in [9.17, 15) is 0 Å². The van der Waals surface area contributed by atoms with Crippen molar-refractivity contribution in [3.8, 4) is 0 Å². The second-order valence-corrected chi connectivity index (χ2v) is 9.95. The highest BCUT2D eigenvalue weighted by molar-refractivity contribution is 5.68. The van der Waals surface area contributed by atoms with Crippen LogP contribution < -0.4 is 20.4 Å². The molecule has 2 fully saturated rings. The largest absolute Gasteiger partial charge is 0.379 e. The third-order valence-electron chi connectivity index (χ3n) is 7.35. The predicted molar refractivity (Wildman–Crippen MR) is 143 cm³/mol. The molecule has 2 aromatic heterocycles. The number of hydrogen-bond acceptors (Lipinski definition) is 9. The van der Waals surface area contributed by atoms with Gasteiger partial charge in [-0.15, -0.1) is 0 Å². The Morgan fingerprint density at radius 3 is 2.45 bits per heavy atom. The van der Waals surface area contributed by atoms with Gasteiger partial charge in [-0.3, -0.25) is 4.90 Å². The van der Waals surface area contributed by atoms with E-state index in [4.69, 9.17) is 9.72 Å². The average Bonchev–Trinajstić information content (AvgIpc) is 3.35. The molecule has 11 heteroatoms. The van der Waals surface area contributed by atoms with E-state index < -0.39 is 11.6 Å². The normalized spacial score (nSPS) is 18.1. The molecule has 3 aliphatic rings. The number of halogens is 2. The summed E-state index contributed by atoms with van der Waals surface area (Å²) in [4.78, 5) is 20.0. The minimum atomic E-state index is -0.543. The number of piperazine rings is 1. The summed E-state index contributed by atoms with van der Waals surface area (Å²) in [6.45, 7) is 9.11. The highest BCUT2D eigenvalue weighted by Crippen LogP contribution is 2.35. The van der Waals surface area contributed by atoms with E-state index in [1.54, 1.807) is 12.4 Å². The summed E-state index contributed by atoms with van der Waals surface area (Å²) in [5, 5.41) is 6.61. The molecular weight excluding hydrogens is 490 g/mol. The molecule has 5 heterocycles. The van der Waals surface area contributed by atoms with Crippen LogP contribution in [0.3, 0.4) is 0 Å². The molecule has 6 rings (SSSR count). The summed E-state index contributed by atoms with van der Waals surface area (Å²) in [6.07, 6.45) is 4.27. The molecule has 3 aliphatic heterocycles. The van der Waals surface area contributed by atoms with Crippen LogP contribution in [0, 0.1) is 18.6 Å². The van der Waals surface area contributed by atoms with E-state index in [1.165, 1.54) is 12.1 Å². The Labute approximate surface area is 220 Å². The Hall–Kier alpha value is -3.41. The number of nitrogens with one attached hydrogen (secondary N) is 2. The molecule has 3 aromatic rings. The van der Waals surface area contributed by atoms with Crippen molar-refractivity contribution in [3.63, 3.8) is 0 Å². The van der Waals surface area contributed by atoms with Gasteiger partial charge in [0, 0.05) is 75.4 Å². The number of ether oxygens (including phenoxy) is 1. The molecule has 0 unspecified atom stereocenters. The minimum absolute atomic E-state index is 0.0900. The topological polar surface area (TPSA) is 81.7 Å². The lowest BCUT2D eigenvalue weighted by molar-refractivity contribution is 0.0332. The summed E-state index contributed by atoms with van der Waals surface area (Å²) in [7, 11) is 0. The quantitative estimate of drug-likeness (QED) is 0.508. The lowest BCUT2D eigenvalue weighted by Gasteiger charge is -2.29. The molecular formula is C27H32F2N8O. The monoisotopic (exact) mass is 522 g/mol. The molecule has 200 valence electrons. The first-order valence-electron chi connectivity index (χ1n) is 13.2. The Bertz CT molecular complexity index is 1290. The number of hydrogen-bond donors (Lipinski definition) is 2. The van der Waals surface area contributed by atoms with Crippen LogP contribution in [0.4, 0.5) is 37.7 Å². The molecule has 2 N–H and O–H groups in total. The van der Waals surface area contributed by atoms with E-state index >= 15 is 8.78 Å². The second-order valence-electron chi connectivity index (χ2n) is 9.95. The van der Waals surface area contributed by atoms with Gasteiger partial charge in [-0.1, -0.05) is 0 Å². The Balaban J connectivity index is 1.20. The first-order valence-corrected chi connectivity index (χ1v) is 13.2. The van der Waals surface area contributed by atoms with Gasteiger partial charge in [0.15, 0.2) is 0 Å². The van der Waals surface area contributed by atoms with Crippen LogP contribution in [0.1, 0.15) is 16.7 Å². The third-order valence-corrected chi connectivity index (χ3v) is 7.35. The van der Waals surface area contributed by atoms with Gasteiger partial charge in [0.2, 0.25) is 5.95 Å². The van der Waals surface area contributed by atoms with Crippen LogP contribution >= 0.6 is 0 Å². The zero-order valence-corrected chi connectivity index (χ0v) is 21.5. The molecule has 0 saturated carbocycles. The summed E-state index contributed by atoms with van der Waals surface area (Å²) in [5.41, 5.74) is 3.34. The Morgan fingerprint density at radius 1 is 0.947 bits per heavy atom. The molecule has 38 heavy (non-hydrogen) atoms. The maximum absolute atomic E-state index is 15.1. The van der Waals surface area contributed by atoms with Crippen LogP contribution in [-0.2, 0) is 17.7 Å². The number of nitrogens with zero attached hydrogens (tertiary/aromatic N) is 6. The van der Waals surface area contributed by atoms with Crippen molar-refractivity contribution in [2.45, 2.75) is 19.9 Å². The minimum Gasteiger partial charge on any atom is -0.379 e. The van der Waals surface area contributed by atoms with E-state index in [1.807, 2.05) is 22.8 Å². The molecule has 0 spiro atoms. The molecule has 9 nitrogen and oxygen atoms in total. The molecule has 0 aliphatic carbocycles. The number of aromatic nitrogens is 3. The van der Waals surface area contributed by atoms with Crippen molar-refractivity contribution < 1.29 is 13.5 Å². The van der Waals surface area contributed by atoms with Crippen LogP contribution in [-0.4, -0.2) is 78.9 Å². The van der Waals surface area contributed by atoms with Gasteiger partial charge < -0.3 is 25.2 Å². The van der Waals surface area contributed by atoms with Gasteiger partial charge in [-0.05, 0) is 37.1 Å². The van der Waals surface area contributed by atoms with Gasteiger partial charge >= 0.3 is 0 Å². The van der Waals surface area contributed by atoms with Crippen molar-refractivity contribution in [2.75, 3.05) is 74.1 Å². The van der Waals surface area contributed by atoms with Crippen LogP contribution in [0.15, 0.2) is 30.6 Å². The van der Waals surface area contributed by atoms with Crippen molar-refractivity contribution in [3.05, 3.63) is 58.9 Å². The van der Waals surface area contributed by atoms with E-state index in [-0.39, 0.29) is 12.1 Å². The van der Waals surface area contributed by atoms with Gasteiger partial charge in [0.05, 0.1) is 25.1 Å². The summed E-state index contributed by atoms with van der Waals surface area (Å²) in [6, 6.07) is 4.85. The van der Waals surface area contributed by atoms with Crippen LogP contribution in [0.25, 0.3) is 0 Å². The highest BCUT2D eigenvalue weighted by Gasteiger charge is 2.26. The maximum atomic E-state index is 15.1. The lowest BCUT2D eigenvalue weighted by atomic mass is 10.1. The maximum Gasteiger partial charge on any atom is 0.229 e. The number of aryl methyl sites for hydroxylation is 1. The van der Waals surface area contributed by atoms with Crippen molar-refractivity contribution in [2.24, 2.45) is 0 Å². The zero-order valence-electron chi connectivity index (χ0n) is 21.5. The molecule has 0 atom stereocenters. The van der Waals surface area contributed by atoms with Gasteiger partial charge in [-0.2, -0.15) is 4.98 Å². The van der Waals surface area contributed by atoms with Gasteiger partial charge in [0.25, 0.3) is 0 Å². The fraction of sp³-hybridized carbons (Fsp3) is 0.444. The molecule has 0 radical (unpaired) electrons. The average molecular weight is 523 g/mol. The molecule has 0 bridgehead atoms. The number of anilines is 5. The fourth-order valence-corrected chi connectivity index (χ4v) is 5.31. The Kier molecular flexibility index (Phi) is 7.05. The number of fused-ring (bicyclic) bond motifs is 1. The van der Waals surface area contributed by atoms with E-state index in [2.05, 4.69) is 25.5 Å². The third kappa shape index (κ3) is 5.13. The SMILES string of the molecule is Cc1cc(Nc2ncc3c(n2)N(c2cc(F)c(CN4CCOCC4)c(F)c2)CC3)cnc1N1CCNCC1. The summed E-state index contributed by atoms with van der Waals surface area (Å²) >= 11 is 0. The highest BCUT2D eigenvalue weighted by atomic mass is 19.1. The molecule has 2 saturated heterocycles. The van der Waals surface area contributed by atoms with Crippen molar-refractivity contribution in [1.29, 1.82) is 0 Å². The number of pyridine rings is 1. The van der Waals surface area contributed by atoms with Crippen LogP contribution in [0.5, 0.6) is 0 Å². The fourth-order valence-electron chi connectivity index (χ4n) is 5.31. The van der Waals surface area contributed by atoms with E-state index in [0.717, 1.165) is 48.8 Å². The second kappa shape index (κ2) is 10.8. The summed E-state index contributed by atoms with van der Waals surface area (Å²) in [5.74, 6) is 0.970. The van der Waals surface area contributed by atoms with Gasteiger partial charge in [0.1, 0.15) is 23.3 Å². The van der Waals surface area contributed by atoms with Crippen molar-refractivity contribution in [1.82, 2.24) is 25.2 Å².